The van der Waals surface area contributed by atoms with E-state index in [1.54, 1.807) is 7.05 Å². The van der Waals surface area contributed by atoms with Gasteiger partial charge < -0.3 is 5.32 Å². The molecule has 0 atom stereocenters. The molecule has 20 heavy (non-hydrogen) atoms. The molecule has 0 aliphatic carbocycles. The van der Waals surface area contributed by atoms with Crippen LogP contribution in [0.1, 0.15) is 23.9 Å². The van der Waals surface area contributed by atoms with Gasteiger partial charge in [0.05, 0.1) is 5.69 Å². The number of halogens is 3. The average molecular weight is 287 g/mol. The number of rotatable bonds is 4. The number of nitrogens with one attached hydrogen (secondary N) is 1. The lowest BCUT2D eigenvalue weighted by Crippen LogP contribution is -2.15. The summed E-state index contributed by atoms with van der Waals surface area (Å²) in [5, 5.41) is 11.0. The summed E-state index contributed by atoms with van der Waals surface area (Å²) in [6, 6.07) is 0.958. The summed E-state index contributed by atoms with van der Waals surface area (Å²) in [6.07, 6.45) is -3.14. The number of alkyl halides is 3. The molecule has 0 saturated heterocycles. The second-order valence-corrected chi connectivity index (χ2v) is 4.43. The second kappa shape index (κ2) is 5.28. The molecule has 2 heterocycles. The highest BCUT2D eigenvalue weighted by Gasteiger charge is 2.34. The van der Waals surface area contributed by atoms with Gasteiger partial charge >= 0.3 is 6.18 Å². The van der Waals surface area contributed by atoms with Crippen LogP contribution in [-0.2, 0) is 19.8 Å². The van der Waals surface area contributed by atoms with E-state index >= 15 is 0 Å². The Balaban J connectivity index is 2.44. The van der Waals surface area contributed by atoms with Gasteiger partial charge in [0.15, 0.2) is 11.5 Å². The Kier molecular flexibility index (Phi) is 3.85. The molecule has 0 fully saturated rings. The van der Waals surface area contributed by atoms with Crippen LogP contribution in [-0.4, -0.2) is 26.1 Å². The number of aromatic nitrogens is 4. The predicted octanol–water partition coefficient (Wildman–Crippen LogP) is 2.04. The molecular formula is C12H16F3N5. The van der Waals surface area contributed by atoms with Gasteiger partial charge in [-0.15, -0.1) is 0 Å². The van der Waals surface area contributed by atoms with Gasteiger partial charge in [0.1, 0.15) is 0 Å². The topological polar surface area (TPSA) is 47.7 Å². The third-order valence-electron chi connectivity index (χ3n) is 2.96. The molecule has 2 rings (SSSR count). The predicted molar refractivity (Wildman–Crippen MR) is 67.4 cm³/mol. The van der Waals surface area contributed by atoms with Crippen molar-refractivity contribution in [1.82, 2.24) is 24.9 Å². The Morgan fingerprint density at radius 3 is 2.55 bits per heavy atom. The first-order chi connectivity index (χ1) is 9.34. The van der Waals surface area contributed by atoms with Gasteiger partial charge in [0.25, 0.3) is 0 Å². The van der Waals surface area contributed by atoms with Crippen molar-refractivity contribution >= 4 is 0 Å². The number of aryl methyl sites for hydroxylation is 2. The summed E-state index contributed by atoms with van der Waals surface area (Å²) in [7, 11) is 1.69. The van der Waals surface area contributed by atoms with Gasteiger partial charge in [0, 0.05) is 25.4 Å². The molecule has 0 saturated carbocycles. The first-order valence-electron chi connectivity index (χ1n) is 6.21. The lowest BCUT2D eigenvalue weighted by atomic mass is 10.2. The zero-order chi connectivity index (χ0) is 14.9. The Morgan fingerprint density at radius 2 is 2.00 bits per heavy atom. The van der Waals surface area contributed by atoms with Crippen LogP contribution in [0.25, 0.3) is 5.82 Å². The standard InChI is InChI=1S/C12H16F3N5/c1-4-16-7-9-8(2)17-19(3)11(9)20-6-5-10(18-20)12(13,14)15/h5-6,16H,4,7H2,1-3H3. The van der Waals surface area contributed by atoms with Crippen molar-refractivity contribution in [2.45, 2.75) is 26.6 Å². The molecule has 0 spiro atoms. The van der Waals surface area contributed by atoms with Crippen LogP contribution in [0.3, 0.4) is 0 Å². The molecule has 8 heteroatoms. The van der Waals surface area contributed by atoms with Gasteiger partial charge in [-0.3, -0.25) is 4.68 Å². The summed E-state index contributed by atoms with van der Waals surface area (Å²) in [5.74, 6) is 0.541. The SMILES string of the molecule is CCNCc1c(C)nn(C)c1-n1ccc(C(F)(F)F)n1. The third kappa shape index (κ3) is 2.69. The van der Waals surface area contributed by atoms with Gasteiger partial charge in [-0.1, -0.05) is 6.92 Å². The number of hydrogen-bond acceptors (Lipinski definition) is 3. The van der Waals surface area contributed by atoms with E-state index in [2.05, 4.69) is 15.5 Å². The molecule has 0 aromatic carbocycles. The fourth-order valence-corrected chi connectivity index (χ4v) is 2.03. The Morgan fingerprint density at radius 1 is 1.30 bits per heavy atom. The van der Waals surface area contributed by atoms with Gasteiger partial charge in [0.2, 0.25) is 0 Å². The Labute approximate surface area is 114 Å². The fraction of sp³-hybridized carbons (Fsp3) is 0.500. The minimum Gasteiger partial charge on any atom is -0.313 e. The average Bonchev–Trinajstić information content (AvgIpc) is 2.91. The van der Waals surface area contributed by atoms with E-state index in [9.17, 15) is 13.2 Å². The highest BCUT2D eigenvalue weighted by atomic mass is 19.4. The monoisotopic (exact) mass is 287 g/mol. The fourth-order valence-electron chi connectivity index (χ4n) is 2.03. The normalized spacial score (nSPS) is 12.1. The summed E-state index contributed by atoms with van der Waals surface area (Å²) >= 11 is 0. The largest absolute Gasteiger partial charge is 0.435 e. The van der Waals surface area contributed by atoms with Gasteiger partial charge in [-0.2, -0.15) is 23.4 Å². The summed E-state index contributed by atoms with van der Waals surface area (Å²) in [5.41, 5.74) is 0.699. The minimum atomic E-state index is -4.44. The lowest BCUT2D eigenvalue weighted by Gasteiger charge is -2.07. The number of hydrogen-bond donors (Lipinski definition) is 1. The highest BCUT2D eigenvalue weighted by Crippen LogP contribution is 2.28. The molecule has 5 nitrogen and oxygen atoms in total. The van der Waals surface area contributed by atoms with Crippen LogP contribution in [0.15, 0.2) is 12.3 Å². The zero-order valence-electron chi connectivity index (χ0n) is 11.5. The molecular weight excluding hydrogens is 271 g/mol. The van der Waals surface area contributed by atoms with Crippen molar-refractivity contribution in [3.63, 3.8) is 0 Å². The maximum absolute atomic E-state index is 12.6. The van der Waals surface area contributed by atoms with Crippen LogP contribution >= 0.6 is 0 Å². The van der Waals surface area contributed by atoms with Crippen molar-refractivity contribution in [2.24, 2.45) is 7.05 Å². The van der Waals surface area contributed by atoms with Crippen molar-refractivity contribution in [1.29, 1.82) is 0 Å². The van der Waals surface area contributed by atoms with E-state index in [1.807, 2.05) is 13.8 Å². The molecule has 110 valence electrons. The molecule has 0 radical (unpaired) electrons. The smallest absolute Gasteiger partial charge is 0.313 e. The summed E-state index contributed by atoms with van der Waals surface area (Å²) < 4.78 is 40.6. The quantitative estimate of drug-likeness (QED) is 0.936. The first-order valence-corrected chi connectivity index (χ1v) is 6.21. The molecule has 2 aromatic heterocycles. The van der Waals surface area contributed by atoms with E-state index in [0.29, 0.717) is 12.4 Å². The van der Waals surface area contributed by atoms with Crippen molar-refractivity contribution < 1.29 is 13.2 Å². The molecule has 1 N–H and O–H groups in total. The van der Waals surface area contributed by atoms with Crippen LogP contribution in [0.4, 0.5) is 13.2 Å². The van der Waals surface area contributed by atoms with Gasteiger partial charge in [-0.05, 0) is 19.5 Å². The first kappa shape index (κ1) is 14.6. The van der Waals surface area contributed by atoms with Crippen molar-refractivity contribution in [2.75, 3.05) is 6.54 Å². The van der Waals surface area contributed by atoms with Crippen molar-refractivity contribution in [3.8, 4) is 5.82 Å². The van der Waals surface area contributed by atoms with E-state index in [-0.39, 0.29) is 0 Å². The summed E-state index contributed by atoms with van der Waals surface area (Å²) in [4.78, 5) is 0. The van der Waals surface area contributed by atoms with Crippen LogP contribution < -0.4 is 5.32 Å². The number of nitrogens with zero attached hydrogens (tertiary/aromatic N) is 4. The maximum atomic E-state index is 12.6. The molecule has 0 unspecified atom stereocenters. The van der Waals surface area contributed by atoms with Crippen LogP contribution in [0.2, 0.25) is 0 Å². The molecule has 0 amide bonds. The van der Waals surface area contributed by atoms with E-state index in [4.69, 9.17) is 0 Å². The maximum Gasteiger partial charge on any atom is 0.435 e. The molecule has 2 aromatic rings. The van der Waals surface area contributed by atoms with Crippen molar-refractivity contribution in [3.05, 3.63) is 29.2 Å². The lowest BCUT2D eigenvalue weighted by molar-refractivity contribution is -0.141. The summed E-state index contributed by atoms with van der Waals surface area (Å²) in [6.45, 7) is 5.08. The van der Waals surface area contributed by atoms with E-state index in [0.717, 1.165) is 23.9 Å². The van der Waals surface area contributed by atoms with Gasteiger partial charge in [-0.25, -0.2) is 4.68 Å². The molecule has 0 aliphatic rings. The van der Waals surface area contributed by atoms with Crippen LogP contribution in [0.5, 0.6) is 0 Å². The molecule has 0 bridgehead atoms. The van der Waals surface area contributed by atoms with E-state index in [1.165, 1.54) is 15.6 Å². The highest BCUT2D eigenvalue weighted by molar-refractivity contribution is 5.37. The minimum absolute atomic E-state index is 0.534. The Bertz CT molecular complexity index is 597. The zero-order valence-corrected chi connectivity index (χ0v) is 11.5. The van der Waals surface area contributed by atoms with E-state index < -0.39 is 11.9 Å². The van der Waals surface area contributed by atoms with Crippen LogP contribution in [0, 0.1) is 6.92 Å². The second-order valence-electron chi connectivity index (χ2n) is 4.43. The Hall–Kier alpha value is -1.83. The third-order valence-corrected chi connectivity index (χ3v) is 2.96. The molecule has 0 aliphatic heterocycles.